The molecule has 0 N–H and O–H groups in total. The number of carbonyl (C=O) groups excluding carboxylic acids is 2. The van der Waals surface area contributed by atoms with E-state index in [1.54, 1.807) is 4.90 Å². The van der Waals surface area contributed by atoms with Crippen LogP contribution >= 0.6 is 0 Å². The molecule has 1 unspecified atom stereocenters. The van der Waals surface area contributed by atoms with Crippen LogP contribution in [0.4, 0.5) is 4.79 Å². The third-order valence-electron chi connectivity index (χ3n) is 6.00. The average molecular weight is 383 g/mol. The van der Waals surface area contributed by atoms with Crippen molar-refractivity contribution in [3.8, 4) is 23.5 Å². The van der Waals surface area contributed by atoms with Crippen LogP contribution in [-0.4, -0.2) is 42.3 Å². The van der Waals surface area contributed by atoms with Gasteiger partial charge in [-0.15, -0.1) is 6.42 Å². The highest BCUT2D eigenvalue weighted by Gasteiger charge is 2.49. The zero-order valence-electron chi connectivity index (χ0n) is 16.9. The van der Waals surface area contributed by atoms with E-state index >= 15 is 0 Å². The number of terminal acetylenes is 1. The topological polar surface area (TPSA) is 55.8 Å². The highest BCUT2D eigenvalue weighted by atomic mass is 16.5. The Balaban J connectivity index is 0.000000264. The summed E-state index contributed by atoms with van der Waals surface area (Å²) in [6.07, 6.45) is 9.61. The van der Waals surface area contributed by atoms with Gasteiger partial charge in [0.25, 0.3) is 0 Å². The van der Waals surface area contributed by atoms with Crippen LogP contribution in [0, 0.1) is 25.2 Å². The van der Waals surface area contributed by atoms with Gasteiger partial charge in [0, 0.05) is 18.4 Å². The number of methoxy groups -OCH3 is 1. The van der Waals surface area contributed by atoms with E-state index in [9.17, 15) is 9.59 Å². The van der Waals surface area contributed by atoms with Gasteiger partial charge in [-0.05, 0) is 55.7 Å². The Morgan fingerprint density at radius 3 is 2.57 bits per heavy atom. The molecule has 0 bridgehead atoms. The van der Waals surface area contributed by atoms with Crippen molar-refractivity contribution in [1.29, 1.82) is 0 Å². The largest absolute Gasteiger partial charge is 0.462 e. The minimum Gasteiger partial charge on any atom is -0.462 e. The molecule has 28 heavy (non-hydrogen) atoms. The summed E-state index contributed by atoms with van der Waals surface area (Å²) in [7, 11) is 1.37. The molecule has 0 radical (unpaired) electrons. The number of likely N-dealkylation sites (tertiary alicyclic amines) is 1. The van der Waals surface area contributed by atoms with E-state index < -0.39 is 0 Å². The van der Waals surface area contributed by atoms with Crippen molar-refractivity contribution < 1.29 is 19.1 Å². The van der Waals surface area contributed by atoms with Gasteiger partial charge in [-0.3, -0.25) is 9.69 Å². The fraction of sp³-hybridized carbons (Fsp3) is 0.565. The van der Waals surface area contributed by atoms with Crippen LogP contribution in [-0.2, 0) is 14.3 Å². The second kappa shape index (κ2) is 8.68. The number of nitrogens with zero attached hydrogens (tertiary/aromatic N) is 1. The summed E-state index contributed by atoms with van der Waals surface area (Å²) in [5.41, 5.74) is 4.36. The average Bonchev–Trinajstić information content (AvgIpc) is 3.05. The molecular weight excluding hydrogens is 354 g/mol. The summed E-state index contributed by atoms with van der Waals surface area (Å²) in [4.78, 5) is 25.4. The summed E-state index contributed by atoms with van der Waals surface area (Å²) >= 11 is 0. The Morgan fingerprint density at radius 2 is 2.11 bits per heavy atom. The minimum atomic E-state index is -0.383. The highest BCUT2D eigenvalue weighted by Crippen LogP contribution is 2.41. The van der Waals surface area contributed by atoms with E-state index in [1.165, 1.54) is 23.8 Å². The lowest BCUT2D eigenvalue weighted by atomic mass is 9.82. The molecule has 0 aromatic rings. The zero-order valence-corrected chi connectivity index (χ0v) is 16.9. The third kappa shape index (κ3) is 3.87. The predicted octanol–water partition coefficient (Wildman–Crippen LogP) is 4.32. The standard InChI is InChI=1S/C16H23NO4.C7H6/c1-4-7-15(18)21-14-9-6-8-13-12(14)10-11(5-2)17(13)16(19)20-3;1-5-4-6-2-3-7(5)6/h2,11-14H,4,6-10H2,1,3H3;2-4H,1H3/t11?,12-,13-,14+;/m1./s1. The quantitative estimate of drug-likeness (QED) is 0.585. The lowest BCUT2D eigenvalue weighted by Crippen LogP contribution is -2.46. The first-order valence-electron chi connectivity index (χ1n) is 10.1. The summed E-state index contributed by atoms with van der Waals surface area (Å²) in [6, 6.07) is 6.26. The fourth-order valence-electron chi connectivity index (χ4n) is 4.54. The van der Waals surface area contributed by atoms with E-state index in [1.807, 2.05) is 6.92 Å². The molecule has 4 aliphatic rings. The Morgan fingerprint density at radius 1 is 1.32 bits per heavy atom. The smallest absolute Gasteiger partial charge is 0.410 e. The van der Waals surface area contributed by atoms with Crippen molar-refractivity contribution in [2.75, 3.05) is 7.11 Å². The Bertz CT molecular complexity index is 781. The number of hydrogen-bond acceptors (Lipinski definition) is 4. The molecule has 4 atom stereocenters. The van der Waals surface area contributed by atoms with Crippen LogP contribution in [0.15, 0.2) is 18.2 Å². The number of rotatable bonds is 3. The van der Waals surface area contributed by atoms with Gasteiger partial charge < -0.3 is 9.47 Å². The Hall–Kier alpha value is -2.48. The molecule has 5 nitrogen and oxygen atoms in total. The van der Waals surface area contributed by atoms with Crippen LogP contribution in [0.5, 0.6) is 0 Å². The number of carbonyl (C=O) groups is 2. The Kier molecular flexibility index (Phi) is 6.28. The number of amides is 1. The van der Waals surface area contributed by atoms with Crippen molar-refractivity contribution in [1.82, 2.24) is 4.90 Å². The first kappa shape index (κ1) is 20.3. The molecule has 0 aromatic carbocycles. The molecule has 1 heterocycles. The van der Waals surface area contributed by atoms with Gasteiger partial charge in [0.15, 0.2) is 0 Å². The van der Waals surface area contributed by atoms with Crippen LogP contribution in [0.3, 0.4) is 0 Å². The third-order valence-corrected chi connectivity index (χ3v) is 6.00. The molecule has 1 saturated heterocycles. The van der Waals surface area contributed by atoms with Crippen LogP contribution in [0.1, 0.15) is 51.0 Å². The van der Waals surface area contributed by atoms with Crippen molar-refractivity contribution in [3.63, 3.8) is 0 Å². The SMILES string of the molecule is C#CC1C[C@H]2[C@@H](OC(=O)CCC)CCC[C@H]2N1C(=O)OC.Cc1cc2ccc1-2. The number of fused-ring (bicyclic) bond motifs is 2. The van der Waals surface area contributed by atoms with E-state index in [4.69, 9.17) is 15.9 Å². The maximum absolute atomic E-state index is 12.0. The molecule has 4 rings (SSSR count). The highest BCUT2D eigenvalue weighted by molar-refractivity contribution is 5.80. The van der Waals surface area contributed by atoms with Crippen molar-refractivity contribution in [2.45, 2.75) is 70.6 Å². The monoisotopic (exact) mass is 383 g/mol. The predicted molar refractivity (Wildman–Crippen MR) is 108 cm³/mol. The van der Waals surface area contributed by atoms with Gasteiger partial charge in [0.1, 0.15) is 6.10 Å². The summed E-state index contributed by atoms with van der Waals surface area (Å²) < 4.78 is 10.5. The van der Waals surface area contributed by atoms with Crippen molar-refractivity contribution in [3.05, 3.63) is 23.8 Å². The molecule has 0 aromatic heterocycles. The molecule has 150 valence electrons. The lowest BCUT2D eigenvalue weighted by molar-refractivity contribution is -0.154. The van der Waals surface area contributed by atoms with Gasteiger partial charge in [-0.25, -0.2) is 4.79 Å². The number of esters is 1. The second-order valence-corrected chi connectivity index (χ2v) is 7.77. The molecule has 3 aliphatic carbocycles. The van der Waals surface area contributed by atoms with Gasteiger partial charge in [-0.1, -0.05) is 31.0 Å². The lowest BCUT2D eigenvalue weighted by Gasteiger charge is -2.36. The second-order valence-electron chi connectivity index (χ2n) is 7.77. The normalized spacial score (nSPS) is 26.3. The molecule has 0 spiro atoms. The van der Waals surface area contributed by atoms with Crippen LogP contribution in [0.25, 0.3) is 11.1 Å². The summed E-state index contributed by atoms with van der Waals surface area (Å²) in [5, 5.41) is 0. The maximum Gasteiger partial charge on any atom is 0.410 e. The molecular formula is C23H29NO4. The van der Waals surface area contributed by atoms with Gasteiger partial charge in [-0.2, -0.15) is 0 Å². The van der Waals surface area contributed by atoms with Crippen LogP contribution < -0.4 is 0 Å². The molecule has 1 amide bonds. The van der Waals surface area contributed by atoms with Crippen molar-refractivity contribution in [2.24, 2.45) is 5.92 Å². The first-order valence-corrected chi connectivity index (χ1v) is 10.1. The maximum atomic E-state index is 12.0. The molecule has 1 saturated carbocycles. The van der Waals surface area contributed by atoms with Gasteiger partial charge >= 0.3 is 12.1 Å². The molecule has 1 aliphatic heterocycles. The number of benzene rings is 1. The van der Waals surface area contributed by atoms with E-state index in [0.717, 1.165) is 25.7 Å². The molecule has 5 heteroatoms. The van der Waals surface area contributed by atoms with Gasteiger partial charge in [0.05, 0.1) is 13.2 Å². The first-order chi connectivity index (χ1) is 13.5. The summed E-state index contributed by atoms with van der Waals surface area (Å²) in [6.45, 7) is 4.09. The number of ether oxygens (including phenoxy) is 2. The van der Waals surface area contributed by atoms with E-state index in [2.05, 4.69) is 31.0 Å². The number of hydrogen-bond donors (Lipinski definition) is 0. The fourth-order valence-corrected chi connectivity index (χ4v) is 4.54. The Labute approximate surface area is 167 Å². The minimum absolute atomic E-state index is 0.0201. The zero-order chi connectivity index (χ0) is 20.3. The summed E-state index contributed by atoms with van der Waals surface area (Å²) in [5.74, 6) is 2.64. The van der Waals surface area contributed by atoms with E-state index in [-0.39, 0.29) is 36.2 Å². The number of aryl methyl sites for hydroxylation is 1. The van der Waals surface area contributed by atoms with Crippen molar-refractivity contribution >= 4 is 12.1 Å². The van der Waals surface area contributed by atoms with Gasteiger partial charge in [0.2, 0.25) is 0 Å². The van der Waals surface area contributed by atoms with Crippen LogP contribution in [0.2, 0.25) is 0 Å². The van der Waals surface area contributed by atoms with E-state index in [0.29, 0.717) is 12.8 Å². The molecule has 2 fully saturated rings.